The Bertz CT molecular complexity index is 1840. The number of aliphatic hydroxyl groups is 2. The first-order valence-corrected chi connectivity index (χ1v) is 22.5. The van der Waals surface area contributed by atoms with E-state index in [1.165, 1.54) is 114 Å². The van der Waals surface area contributed by atoms with Crippen LogP contribution in [0.5, 0.6) is 5.75 Å². The number of anilines is 1. The zero-order chi connectivity index (χ0) is 42.5. The molecule has 0 saturated carbocycles. The molecule has 5 N–H and O–H groups in total. The van der Waals surface area contributed by atoms with E-state index in [0.29, 0.717) is 29.0 Å². The number of nitrogens with two attached hydrogens (primary N) is 1. The molecule has 17 heteroatoms. The molecule has 1 aliphatic heterocycles. The first-order valence-electron chi connectivity index (χ1n) is 21.0. The summed E-state index contributed by atoms with van der Waals surface area (Å²) in [5.74, 6) is 0.568. The van der Waals surface area contributed by atoms with Crippen LogP contribution in [0.15, 0.2) is 36.7 Å². The molecular formula is C42H63N6O10P. The third-order valence-electron chi connectivity index (χ3n) is 10.6. The van der Waals surface area contributed by atoms with Gasteiger partial charge in [-0.05, 0) is 30.7 Å². The quantitative estimate of drug-likeness (QED) is 0.0389. The summed E-state index contributed by atoms with van der Waals surface area (Å²) in [6, 6.07) is 11.9. The highest BCUT2D eigenvalue weighted by molar-refractivity contribution is 7.47. The molecular weight excluding hydrogens is 779 g/mol. The summed E-state index contributed by atoms with van der Waals surface area (Å²) < 4.78 is 48.1. The number of nitrogens with zero attached hydrogens (tertiary/aromatic N) is 5. The predicted octanol–water partition coefficient (Wildman–Crippen LogP) is 7.03. The fraction of sp³-hybridized carbons (Fsp3) is 0.667. The molecule has 0 spiro atoms. The maximum absolute atomic E-state index is 13.1. The molecule has 1 saturated heterocycles. The Morgan fingerprint density at radius 2 is 1.58 bits per heavy atom. The first kappa shape index (κ1) is 48.0. The van der Waals surface area contributed by atoms with Gasteiger partial charge in [0.2, 0.25) is 5.60 Å². The maximum Gasteiger partial charge on any atom is 0.472 e. The van der Waals surface area contributed by atoms with Gasteiger partial charge in [-0.15, -0.1) is 0 Å². The minimum absolute atomic E-state index is 0.0309. The standard InChI is InChI=1S/C42H63N6O10P/c1-3-4-5-6-7-8-9-10-11-12-13-14-15-16-17-18-23-54-27-34(55-26-33-20-19-32(25-43)24-36(33)53-2)28-56-59(51,52)57-29-37-39(49)40(50)42(30-44,58-37)38-22-21-35-41(45)46-31-47-48(35)38/h19-22,24,31,34,37,39-40,49-50H,3-18,23,26-29H2,1-2H3,(H,51,52)(H2,45,46,47)/t34-,37-,39-,40-,42+/m1/s1. The van der Waals surface area contributed by atoms with E-state index in [9.17, 15) is 30.2 Å². The normalized spacial score (nSPS) is 20.6. The number of nitrogen functional groups attached to an aromatic ring is 1. The fourth-order valence-electron chi connectivity index (χ4n) is 7.18. The van der Waals surface area contributed by atoms with E-state index in [1.807, 2.05) is 6.07 Å². The molecule has 0 radical (unpaired) electrons. The Morgan fingerprint density at radius 1 is 0.932 bits per heavy atom. The van der Waals surface area contributed by atoms with Crippen molar-refractivity contribution in [1.29, 1.82) is 10.5 Å². The smallest absolute Gasteiger partial charge is 0.472 e. The molecule has 16 nitrogen and oxygen atoms in total. The van der Waals surface area contributed by atoms with Crippen molar-refractivity contribution in [1.82, 2.24) is 14.6 Å². The molecule has 3 heterocycles. The van der Waals surface area contributed by atoms with Gasteiger partial charge in [0.1, 0.15) is 48.1 Å². The third kappa shape index (κ3) is 14.5. The number of hydrogen-bond acceptors (Lipinski definition) is 14. The monoisotopic (exact) mass is 842 g/mol. The molecule has 4 rings (SSSR count). The van der Waals surface area contributed by atoms with Crippen molar-refractivity contribution in [2.75, 3.05) is 39.3 Å². The average Bonchev–Trinajstić information content (AvgIpc) is 3.79. The number of hydrogen-bond donors (Lipinski definition) is 4. The summed E-state index contributed by atoms with van der Waals surface area (Å²) in [6.07, 6.45) is 15.8. The van der Waals surface area contributed by atoms with Crippen molar-refractivity contribution in [3.63, 3.8) is 0 Å². The van der Waals surface area contributed by atoms with Crippen molar-refractivity contribution in [3.05, 3.63) is 53.5 Å². The topological polar surface area (TPSA) is 237 Å². The van der Waals surface area contributed by atoms with Crippen LogP contribution >= 0.6 is 7.82 Å². The number of fused-ring (bicyclic) bond motifs is 1. The summed E-state index contributed by atoms with van der Waals surface area (Å²) in [5, 5.41) is 45.4. The number of aromatic nitrogens is 3. The van der Waals surface area contributed by atoms with Crippen molar-refractivity contribution < 1.29 is 47.7 Å². The summed E-state index contributed by atoms with van der Waals surface area (Å²) in [5.41, 5.74) is 5.28. The number of rotatable bonds is 30. The van der Waals surface area contributed by atoms with Gasteiger partial charge in [-0.2, -0.15) is 15.6 Å². The van der Waals surface area contributed by atoms with Crippen LogP contribution in [0, 0.1) is 22.7 Å². The Hall–Kier alpha value is -3.67. The van der Waals surface area contributed by atoms with Crippen LogP contribution in [-0.2, 0) is 40.0 Å². The van der Waals surface area contributed by atoms with Crippen LogP contribution in [0.3, 0.4) is 0 Å². The minimum Gasteiger partial charge on any atom is -0.496 e. The van der Waals surface area contributed by atoms with Crippen LogP contribution in [-0.4, -0.2) is 87.7 Å². The summed E-state index contributed by atoms with van der Waals surface area (Å²) in [7, 11) is -3.31. The van der Waals surface area contributed by atoms with E-state index < -0.39 is 51.1 Å². The number of ether oxygens (including phenoxy) is 4. The zero-order valence-electron chi connectivity index (χ0n) is 34.6. The lowest BCUT2D eigenvalue weighted by Crippen LogP contribution is -2.41. The molecule has 0 aliphatic carbocycles. The molecule has 1 aromatic carbocycles. The second-order valence-electron chi connectivity index (χ2n) is 15.1. The maximum atomic E-state index is 13.1. The van der Waals surface area contributed by atoms with Crippen LogP contribution in [0.4, 0.5) is 5.82 Å². The molecule has 0 bridgehead atoms. The molecule has 0 amide bonds. The van der Waals surface area contributed by atoms with Crippen LogP contribution < -0.4 is 10.5 Å². The van der Waals surface area contributed by atoms with E-state index in [0.717, 1.165) is 19.3 Å². The number of aliphatic hydroxyl groups excluding tert-OH is 2. The van der Waals surface area contributed by atoms with Crippen molar-refractivity contribution in [2.24, 2.45) is 0 Å². The van der Waals surface area contributed by atoms with Crippen LogP contribution in [0.1, 0.15) is 126 Å². The van der Waals surface area contributed by atoms with Crippen molar-refractivity contribution >= 4 is 19.2 Å². The van der Waals surface area contributed by atoms with Gasteiger partial charge in [0, 0.05) is 12.2 Å². The van der Waals surface area contributed by atoms with Gasteiger partial charge in [-0.3, -0.25) is 9.05 Å². The highest BCUT2D eigenvalue weighted by Gasteiger charge is 2.58. The van der Waals surface area contributed by atoms with Crippen molar-refractivity contribution in [2.45, 2.75) is 146 Å². The highest BCUT2D eigenvalue weighted by atomic mass is 31.2. The second-order valence-corrected chi connectivity index (χ2v) is 16.6. The number of benzene rings is 1. The Balaban J connectivity index is 1.22. The molecule has 2 aromatic heterocycles. The Kier molecular flexibility index (Phi) is 20.5. The predicted molar refractivity (Wildman–Crippen MR) is 220 cm³/mol. The molecule has 3 aromatic rings. The Morgan fingerprint density at radius 3 is 2.19 bits per heavy atom. The second kappa shape index (κ2) is 25.2. The number of methoxy groups -OCH3 is 1. The van der Waals surface area contributed by atoms with E-state index in [1.54, 1.807) is 18.2 Å². The van der Waals surface area contributed by atoms with Crippen LogP contribution in [0.25, 0.3) is 5.52 Å². The third-order valence-corrected chi connectivity index (χ3v) is 11.6. The number of phosphoric ester groups is 1. The van der Waals surface area contributed by atoms with Gasteiger partial charge in [0.05, 0.1) is 50.9 Å². The van der Waals surface area contributed by atoms with Crippen LogP contribution in [0.2, 0.25) is 0 Å². The lowest BCUT2D eigenvalue weighted by molar-refractivity contribution is -0.0691. The number of nitriles is 2. The largest absolute Gasteiger partial charge is 0.496 e. The number of phosphoric acid groups is 1. The summed E-state index contributed by atoms with van der Waals surface area (Å²) >= 11 is 0. The molecule has 1 fully saturated rings. The van der Waals surface area contributed by atoms with E-state index in [4.69, 9.17) is 33.7 Å². The SMILES string of the molecule is CCCCCCCCCCCCCCCCCCOC[C@H](COP(=O)(O)OC[C@H]1O[C@@](C#N)(c2ccc3c(N)ncnn23)[C@H](O)[C@@H]1O)OCc1ccc(C#N)cc1OC. The highest BCUT2D eigenvalue weighted by Crippen LogP contribution is 2.46. The lowest BCUT2D eigenvalue weighted by Gasteiger charge is -2.24. The van der Waals surface area contributed by atoms with Gasteiger partial charge < -0.3 is 39.8 Å². The number of unbranched alkanes of at least 4 members (excludes halogenated alkanes) is 15. The van der Waals surface area contributed by atoms with E-state index >= 15 is 0 Å². The average molecular weight is 843 g/mol. The van der Waals surface area contributed by atoms with E-state index in [2.05, 4.69) is 23.1 Å². The van der Waals surface area contributed by atoms with Gasteiger partial charge in [0.15, 0.2) is 5.82 Å². The van der Waals surface area contributed by atoms with Gasteiger partial charge >= 0.3 is 7.82 Å². The molecule has 6 atom stereocenters. The summed E-state index contributed by atoms with van der Waals surface area (Å²) in [4.78, 5) is 14.5. The lowest BCUT2D eigenvalue weighted by atomic mass is 9.92. The molecule has 1 aliphatic rings. The van der Waals surface area contributed by atoms with Crippen molar-refractivity contribution in [3.8, 4) is 17.9 Å². The minimum atomic E-state index is -4.80. The molecule has 326 valence electrons. The zero-order valence-corrected chi connectivity index (χ0v) is 35.5. The summed E-state index contributed by atoms with van der Waals surface area (Å²) in [6.45, 7) is 1.70. The van der Waals surface area contributed by atoms with Gasteiger partial charge in [0.25, 0.3) is 0 Å². The Labute approximate surface area is 348 Å². The molecule has 1 unspecified atom stereocenters. The first-order chi connectivity index (χ1) is 28.6. The fourth-order valence-corrected chi connectivity index (χ4v) is 7.95. The van der Waals surface area contributed by atoms with Gasteiger partial charge in [-0.25, -0.2) is 14.1 Å². The van der Waals surface area contributed by atoms with E-state index in [-0.39, 0.29) is 24.7 Å². The molecule has 59 heavy (non-hydrogen) atoms. The van der Waals surface area contributed by atoms with Gasteiger partial charge in [-0.1, -0.05) is 109 Å².